The molecule has 1 aromatic rings. The topological polar surface area (TPSA) is 82.1 Å². The third-order valence-corrected chi connectivity index (χ3v) is 2.60. The minimum atomic E-state index is -0.972. The molecule has 1 heterocycles. The number of carboxylic acid groups (broad SMARTS) is 1. The summed E-state index contributed by atoms with van der Waals surface area (Å²) in [5.74, 6) is -0.386. The Morgan fingerprint density at radius 3 is 2.28 bits per heavy atom. The van der Waals surface area contributed by atoms with E-state index >= 15 is 0 Å². The fourth-order valence-corrected chi connectivity index (χ4v) is 1.75. The molecule has 0 aliphatic carbocycles. The van der Waals surface area contributed by atoms with Crippen molar-refractivity contribution in [2.75, 3.05) is 13.9 Å². The summed E-state index contributed by atoms with van der Waals surface area (Å²) in [7, 11) is 1.28. The average molecular weight is 252 g/mol. The first kappa shape index (κ1) is 12.2. The second-order valence-electron chi connectivity index (χ2n) is 3.80. The second kappa shape index (κ2) is 4.95. The van der Waals surface area contributed by atoms with Crippen LogP contribution in [0.1, 0.15) is 11.1 Å². The molecular weight excluding hydrogens is 240 g/mol. The highest BCUT2D eigenvalue weighted by Crippen LogP contribution is 2.35. The number of aliphatic carboxylic acids is 1. The number of hydrogen-bond donors (Lipinski definition) is 1. The lowest BCUT2D eigenvalue weighted by atomic mass is 10.0. The molecule has 1 N–H and O–H groups in total. The van der Waals surface area contributed by atoms with Gasteiger partial charge in [0.05, 0.1) is 20.0 Å². The molecule has 0 radical (unpaired) electrons. The van der Waals surface area contributed by atoms with E-state index in [1.807, 2.05) is 0 Å². The lowest BCUT2D eigenvalue weighted by Gasteiger charge is -2.08. The summed E-state index contributed by atoms with van der Waals surface area (Å²) in [5, 5.41) is 8.84. The van der Waals surface area contributed by atoms with E-state index in [1.54, 1.807) is 12.1 Å². The Kier molecular flexibility index (Phi) is 3.36. The van der Waals surface area contributed by atoms with Crippen molar-refractivity contribution in [3.05, 3.63) is 23.3 Å². The van der Waals surface area contributed by atoms with Crippen molar-refractivity contribution in [2.45, 2.75) is 12.8 Å². The summed E-state index contributed by atoms with van der Waals surface area (Å²) in [6, 6.07) is 3.21. The van der Waals surface area contributed by atoms with E-state index in [-0.39, 0.29) is 19.6 Å². The summed E-state index contributed by atoms with van der Waals surface area (Å²) in [5.41, 5.74) is 1.10. The molecule has 1 aromatic carbocycles. The van der Waals surface area contributed by atoms with Crippen molar-refractivity contribution >= 4 is 11.9 Å². The van der Waals surface area contributed by atoms with E-state index in [4.69, 9.17) is 14.6 Å². The molecule has 0 saturated carbocycles. The van der Waals surface area contributed by atoms with E-state index in [2.05, 4.69) is 4.74 Å². The van der Waals surface area contributed by atoms with Gasteiger partial charge in [-0.3, -0.25) is 9.59 Å². The largest absolute Gasteiger partial charge is 0.481 e. The number of carbonyl (C=O) groups is 2. The van der Waals surface area contributed by atoms with Gasteiger partial charge in [0, 0.05) is 0 Å². The molecule has 2 rings (SSSR count). The number of carboxylic acids is 1. The number of methoxy groups -OCH3 is 1. The molecule has 6 nitrogen and oxygen atoms in total. The molecular formula is C12H12O6. The van der Waals surface area contributed by atoms with Crippen molar-refractivity contribution < 1.29 is 28.9 Å². The molecule has 1 aliphatic rings. The fourth-order valence-electron chi connectivity index (χ4n) is 1.75. The van der Waals surface area contributed by atoms with Gasteiger partial charge < -0.3 is 19.3 Å². The monoisotopic (exact) mass is 252 g/mol. The molecule has 0 saturated heterocycles. The Morgan fingerprint density at radius 1 is 1.22 bits per heavy atom. The maximum atomic E-state index is 11.3. The first-order valence-electron chi connectivity index (χ1n) is 5.30. The lowest BCUT2D eigenvalue weighted by molar-refractivity contribution is -0.140. The van der Waals surface area contributed by atoms with Crippen LogP contribution in [0.2, 0.25) is 0 Å². The maximum Gasteiger partial charge on any atom is 0.309 e. The number of carbonyl (C=O) groups excluding carboxylic acids is 1. The number of rotatable bonds is 4. The van der Waals surface area contributed by atoms with Crippen LogP contribution in [-0.4, -0.2) is 30.9 Å². The summed E-state index contributed by atoms with van der Waals surface area (Å²) in [4.78, 5) is 22.1. The molecule has 18 heavy (non-hydrogen) atoms. The minimum absolute atomic E-state index is 0.00968. The molecule has 0 unspecified atom stereocenters. The SMILES string of the molecule is COC(=O)Cc1cc2c(cc1CC(=O)O)OCO2. The Labute approximate surface area is 103 Å². The van der Waals surface area contributed by atoms with Gasteiger partial charge in [0.15, 0.2) is 11.5 Å². The molecule has 0 atom stereocenters. The third-order valence-electron chi connectivity index (χ3n) is 2.60. The summed E-state index contributed by atoms with van der Waals surface area (Å²) >= 11 is 0. The first-order chi connectivity index (χ1) is 8.60. The Balaban J connectivity index is 2.34. The highest BCUT2D eigenvalue weighted by atomic mass is 16.7. The van der Waals surface area contributed by atoms with Crippen LogP contribution in [0.4, 0.5) is 0 Å². The highest BCUT2D eigenvalue weighted by Gasteiger charge is 2.20. The fraction of sp³-hybridized carbons (Fsp3) is 0.333. The summed E-state index contributed by atoms with van der Waals surface area (Å²) < 4.78 is 14.9. The quantitative estimate of drug-likeness (QED) is 0.796. The van der Waals surface area contributed by atoms with E-state index in [0.717, 1.165) is 0 Å². The Hall–Kier alpha value is -2.24. The van der Waals surface area contributed by atoms with Crippen LogP contribution < -0.4 is 9.47 Å². The number of hydrogen-bond acceptors (Lipinski definition) is 5. The van der Waals surface area contributed by atoms with Gasteiger partial charge in [0.2, 0.25) is 6.79 Å². The van der Waals surface area contributed by atoms with Gasteiger partial charge in [-0.1, -0.05) is 0 Å². The Morgan fingerprint density at radius 2 is 1.78 bits per heavy atom. The predicted molar refractivity (Wildman–Crippen MR) is 59.6 cm³/mol. The molecule has 0 fully saturated rings. The highest BCUT2D eigenvalue weighted by molar-refractivity contribution is 5.76. The normalized spacial score (nSPS) is 12.3. The predicted octanol–water partition coefficient (Wildman–Crippen LogP) is 0.758. The van der Waals surface area contributed by atoms with Crippen LogP contribution in [0, 0.1) is 0 Å². The summed E-state index contributed by atoms with van der Waals surface area (Å²) in [6.45, 7) is 0.101. The standard InChI is InChI=1S/C12H12O6/c1-16-12(15)5-8-3-10-9(17-6-18-10)2-7(8)4-11(13)14/h2-3H,4-6H2,1H3,(H,13,14). The average Bonchev–Trinajstić information content (AvgIpc) is 2.75. The minimum Gasteiger partial charge on any atom is -0.481 e. The molecule has 6 heteroatoms. The zero-order chi connectivity index (χ0) is 13.1. The summed E-state index contributed by atoms with van der Waals surface area (Å²) in [6.07, 6.45) is -0.168. The van der Waals surface area contributed by atoms with Crippen LogP contribution in [0.3, 0.4) is 0 Å². The number of esters is 1. The van der Waals surface area contributed by atoms with Crippen molar-refractivity contribution in [3.63, 3.8) is 0 Å². The van der Waals surface area contributed by atoms with Gasteiger partial charge in [0.25, 0.3) is 0 Å². The smallest absolute Gasteiger partial charge is 0.309 e. The van der Waals surface area contributed by atoms with Crippen LogP contribution >= 0.6 is 0 Å². The van der Waals surface area contributed by atoms with Gasteiger partial charge in [-0.05, 0) is 23.3 Å². The van der Waals surface area contributed by atoms with E-state index in [9.17, 15) is 9.59 Å². The first-order valence-corrected chi connectivity index (χ1v) is 5.30. The van der Waals surface area contributed by atoms with Crippen LogP contribution in [0.15, 0.2) is 12.1 Å². The molecule has 0 amide bonds. The molecule has 96 valence electrons. The van der Waals surface area contributed by atoms with Crippen molar-refractivity contribution in [1.29, 1.82) is 0 Å². The molecule has 0 bridgehead atoms. The Bertz CT molecular complexity index is 494. The number of fused-ring (bicyclic) bond motifs is 1. The van der Waals surface area contributed by atoms with E-state index in [0.29, 0.717) is 22.6 Å². The third kappa shape index (κ3) is 2.53. The number of ether oxygens (including phenoxy) is 3. The molecule has 1 aliphatic heterocycles. The maximum absolute atomic E-state index is 11.3. The van der Waals surface area contributed by atoms with Gasteiger partial charge in [-0.15, -0.1) is 0 Å². The van der Waals surface area contributed by atoms with Crippen molar-refractivity contribution in [3.8, 4) is 11.5 Å². The number of benzene rings is 1. The van der Waals surface area contributed by atoms with Gasteiger partial charge in [-0.2, -0.15) is 0 Å². The van der Waals surface area contributed by atoms with Crippen LogP contribution in [0.25, 0.3) is 0 Å². The van der Waals surface area contributed by atoms with Gasteiger partial charge in [0.1, 0.15) is 0 Å². The van der Waals surface area contributed by atoms with Gasteiger partial charge in [-0.25, -0.2) is 0 Å². The zero-order valence-corrected chi connectivity index (χ0v) is 9.76. The molecule has 0 aromatic heterocycles. The van der Waals surface area contributed by atoms with Crippen molar-refractivity contribution in [2.24, 2.45) is 0 Å². The molecule has 0 spiro atoms. The van der Waals surface area contributed by atoms with Crippen LogP contribution in [-0.2, 0) is 27.2 Å². The van der Waals surface area contributed by atoms with Crippen molar-refractivity contribution in [1.82, 2.24) is 0 Å². The van der Waals surface area contributed by atoms with Crippen LogP contribution in [0.5, 0.6) is 11.5 Å². The second-order valence-corrected chi connectivity index (χ2v) is 3.80. The van der Waals surface area contributed by atoms with E-state index in [1.165, 1.54) is 7.11 Å². The zero-order valence-electron chi connectivity index (χ0n) is 9.76. The van der Waals surface area contributed by atoms with Gasteiger partial charge >= 0.3 is 11.9 Å². The van der Waals surface area contributed by atoms with E-state index < -0.39 is 11.9 Å². The lowest BCUT2D eigenvalue weighted by Crippen LogP contribution is -2.09.